The zero-order valence-corrected chi connectivity index (χ0v) is 11.9. The maximum absolute atomic E-state index is 12.0. The van der Waals surface area contributed by atoms with E-state index in [0.29, 0.717) is 29.7 Å². The molecule has 1 rings (SSSR count). The van der Waals surface area contributed by atoms with Crippen LogP contribution in [0.15, 0.2) is 18.2 Å². The third-order valence-electron chi connectivity index (χ3n) is 3.19. The molecule has 0 bridgehead atoms. The average molecular weight is 261 g/mol. The molecule has 0 aliphatic heterocycles. The SMILES string of the molecule is CCCCC(=O)c1ccc(N)c(C(=O)CCCC)c1. The summed E-state index contributed by atoms with van der Waals surface area (Å²) in [6.07, 6.45) is 4.72. The van der Waals surface area contributed by atoms with Crippen molar-refractivity contribution >= 4 is 17.3 Å². The summed E-state index contributed by atoms with van der Waals surface area (Å²) < 4.78 is 0. The molecular formula is C16H23NO2. The second-order valence-electron chi connectivity index (χ2n) is 4.86. The number of Topliss-reactive ketones (excluding diaryl/α,β-unsaturated/α-hetero) is 2. The highest BCUT2D eigenvalue weighted by Gasteiger charge is 2.13. The van der Waals surface area contributed by atoms with Crippen molar-refractivity contribution in [3.63, 3.8) is 0 Å². The van der Waals surface area contributed by atoms with E-state index in [2.05, 4.69) is 6.92 Å². The molecular weight excluding hydrogens is 238 g/mol. The Bertz CT molecular complexity index is 452. The largest absolute Gasteiger partial charge is 0.398 e. The molecule has 0 radical (unpaired) electrons. The molecule has 19 heavy (non-hydrogen) atoms. The normalized spacial score (nSPS) is 10.4. The van der Waals surface area contributed by atoms with Crippen molar-refractivity contribution in [3.8, 4) is 0 Å². The first-order valence-electron chi connectivity index (χ1n) is 7.06. The number of carbonyl (C=O) groups is 2. The lowest BCUT2D eigenvalue weighted by Crippen LogP contribution is -2.07. The fourth-order valence-corrected chi connectivity index (χ4v) is 1.92. The average Bonchev–Trinajstić information content (AvgIpc) is 2.42. The van der Waals surface area contributed by atoms with Crippen LogP contribution in [0.2, 0.25) is 0 Å². The summed E-state index contributed by atoms with van der Waals surface area (Å²) in [4.78, 5) is 24.0. The lowest BCUT2D eigenvalue weighted by atomic mass is 9.98. The molecule has 0 aliphatic rings. The first-order valence-corrected chi connectivity index (χ1v) is 7.06. The van der Waals surface area contributed by atoms with Crippen LogP contribution in [-0.4, -0.2) is 11.6 Å². The van der Waals surface area contributed by atoms with Crippen LogP contribution in [0.5, 0.6) is 0 Å². The van der Waals surface area contributed by atoms with E-state index in [-0.39, 0.29) is 11.6 Å². The number of hydrogen-bond donors (Lipinski definition) is 1. The third-order valence-corrected chi connectivity index (χ3v) is 3.19. The number of carbonyl (C=O) groups excluding carboxylic acids is 2. The Balaban J connectivity index is 2.87. The molecule has 0 fully saturated rings. The lowest BCUT2D eigenvalue weighted by Gasteiger charge is -2.07. The molecule has 0 aliphatic carbocycles. The molecule has 2 N–H and O–H groups in total. The highest BCUT2D eigenvalue weighted by Crippen LogP contribution is 2.19. The summed E-state index contributed by atoms with van der Waals surface area (Å²) in [7, 11) is 0. The van der Waals surface area contributed by atoms with Crippen molar-refractivity contribution in [3.05, 3.63) is 29.3 Å². The first-order chi connectivity index (χ1) is 9.10. The predicted octanol–water partition coefficient (Wildman–Crippen LogP) is 4.01. The Labute approximate surface area is 115 Å². The van der Waals surface area contributed by atoms with Crippen LogP contribution < -0.4 is 5.73 Å². The van der Waals surface area contributed by atoms with Crippen LogP contribution >= 0.6 is 0 Å². The number of rotatable bonds is 8. The summed E-state index contributed by atoms with van der Waals surface area (Å²) in [5.41, 5.74) is 7.39. The zero-order valence-electron chi connectivity index (χ0n) is 11.9. The van der Waals surface area contributed by atoms with Gasteiger partial charge in [-0.2, -0.15) is 0 Å². The number of nitrogens with two attached hydrogens (primary N) is 1. The van der Waals surface area contributed by atoms with Crippen LogP contribution in [0.1, 0.15) is 73.1 Å². The summed E-state index contributed by atoms with van der Waals surface area (Å²) in [6, 6.07) is 5.04. The highest BCUT2D eigenvalue weighted by atomic mass is 16.1. The first kappa shape index (κ1) is 15.4. The molecule has 0 heterocycles. The minimum Gasteiger partial charge on any atom is -0.398 e. The Morgan fingerprint density at radius 1 is 1.00 bits per heavy atom. The molecule has 0 saturated carbocycles. The van der Waals surface area contributed by atoms with E-state index < -0.39 is 0 Å². The molecule has 0 amide bonds. The van der Waals surface area contributed by atoms with E-state index in [9.17, 15) is 9.59 Å². The van der Waals surface area contributed by atoms with Crippen molar-refractivity contribution in [2.45, 2.75) is 52.4 Å². The number of ketones is 2. The fourth-order valence-electron chi connectivity index (χ4n) is 1.92. The number of hydrogen-bond acceptors (Lipinski definition) is 3. The van der Waals surface area contributed by atoms with Gasteiger partial charge in [0.15, 0.2) is 11.6 Å². The minimum atomic E-state index is 0.0319. The maximum Gasteiger partial charge on any atom is 0.164 e. The number of benzene rings is 1. The molecule has 1 aromatic rings. The maximum atomic E-state index is 12.0. The van der Waals surface area contributed by atoms with Crippen LogP contribution in [-0.2, 0) is 0 Å². The topological polar surface area (TPSA) is 60.2 Å². The summed E-state index contributed by atoms with van der Waals surface area (Å²) in [6.45, 7) is 4.09. The van der Waals surface area contributed by atoms with Gasteiger partial charge in [-0.3, -0.25) is 9.59 Å². The molecule has 0 spiro atoms. The molecule has 1 aromatic carbocycles. The van der Waals surface area contributed by atoms with Gasteiger partial charge in [-0.25, -0.2) is 0 Å². The van der Waals surface area contributed by atoms with E-state index in [4.69, 9.17) is 5.73 Å². The molecule has 0 aromatic heterocycles. The van der Waals surface area contributed by atoms with Crippen molar-refractivity contribution < 1.29 is 9.59 Å². The van der Waals surface area contributed by atoms with Gasteiger partial charge in [0.05, 0.1) is 0 Å². The van der Waals surface area contributed by atoms with Crippen LogP contribution in [0, 0.1) is 0 Å². The van der Waals surface area contributed by atoms with Gasteiger partial charge in [-0.1, -0.05) is 26.7 Å². The third kappa shape index (κ3) is 4.51. The lowest BCUT2D eigenvalue weighted by molar-refractivity contribution is 0.0979. The monoisotopic (exact) mass is 261 g/mol. The van der Waals surface area contributed by atoms with Crippen molar-refractivity contribution in [2.75, 3.05) is 5.73 Å². The van der Waals surface area contributed by atoms with Crippen LogP contribution in [0.4, 0.5) is 5.69 Å². The molecule has 0 unspecified atom stereocenters. The van der Waals surface area contributed by atoms with E-state index >= 15 is 0 Å². The van der Waals surface area contributed by atoms with Gasteiger partial charge in [-0.05, 0) is 31.0 Å². The van der Waals surface area contributed by atoms with Gasteiger partial charge in [0.1, 0.15) is 0 Å². The Morgan fingerprint density at radius 3 is 2.16 bits per heavy atom. The standard InChI is InChI=1S/C16H23NO2/c1-3-5-7-15(18)12-9-10-14(17)13(11-12)16(19)8-6-4-2/h9-11H,3-8,17H2,1-2H3. The van der Waals surface area contributed by atoms with E-state index in [1.165, 1.54) is 0 Å². The Morgan fingerprint density at radius 2 is 1.58 bits per heavy atom. The number of anilines is 1. The van der Waals surface area contributed by atoms with Crippen molar-refractivity contribution in [2.24, 2.45) is 0 Å². The van der Waals surface area contributed by atoms with Crippen LogP contribution in [0.3, 0.4) is 0 Å². The quantitative estimate of drug-likeness (QED) is 0.568. The Hall–Kier alpha value is -1.64. The number of nitrogen functional groups attached to an aromatic ring is 1. The van der Waals surface area contributed by atoms with Gasteiger partial charge in [0.2, 0.25) is 0 Å². The zero-order chi connectivity index (χ0) is 14.3. The van der Waals surface area contributed by atoms with Gasteiger partial charge in [0, 0.05) is 29.7 Å². The van der Waals surface area contributed by atoms with E-state index in [1.807, 2.05) is 6.92 Å². The van der Waals surface area contributed by atoms with E-state index in [0.717, 1.165) is 25.7 Å². The second-order valence-corrected chi connectivity index (χ2v) is 4.86. The second kappa shape index (κ2) is 7.72. The Kier molecular flexibility index (Phi) is 6.26. The van der Waals surface area contributed by atoms with Gasteiger partial charge >= 0.3 is 0 Å². The van der Waals surface area contributed by atoms with Gasteiger partial charge in [0.25, 0.3) is 0 Å². The van der Waals surface area contributed by atoms with Crippen molar-refractivity contribution in [1.82, 2.24) is 0 Å². The highest BCUT2D eigenvalue weighted by molar-refractivity contribution is 6.04. The molecule has 0 atom stereocenters. The summed E-state index contributed by atoms with van der Waals surface area (Å²) in [5, 5.41) is 0. The fraction of sp³-hybridized carbons (Fsp3) is 0.500. The summed E-state index contributed by atoms with van der Waals surface area (Å²) >= 11 is 0. The van der Waals surface area contributed by atoms with Crippen molar-refractivity contribution in [1.29, 1.82) is 0 Å². The minimum absolute atomic E-state index is 0.0319. The number of unbranched alkanes of at least 4 members (excludes halogenated alkanes) is 2. The van der Waals surface area contributed by atoms with Gasteiger partial charge < -0.3 is 5.73 Å². The smallest absolute Gasteiger partial charge is 0.164 e. The molecule has 104 valence electrons. The summed E-state index contributed by atoms with van der Waals surface area (Å²) in [5.74, 6) is 0.121. The van der Waals surface area contributed by atoms with Gasteiger partial charge in [-0.15, -0.1) is 0 Å². The molecule has 0 saturated heterocycles. The molecule has 3 heteroatoms. The predicted molar refractivity (Wildman–Crippen MR) is 78.6 cm³/mol. The van der Waals surface area contributed by atoms with Crippen LogP contribution in [0.25, 0.3) is 0 Å². The molecule has 3 nitrogen and oxygen atoms in total. The van der Waals surface area contributed by atoms with E-state index in [1.54, 1.807) is 18.2 Å².